The van der Waals surface area contributed by atoms with E-state index in [0.717, 1.165) is 18.4 Å². The fourth-order valence-electron chi connectivity index (χ4n) is 2.20. The zero-order valence-corrected chi connectivity index (χ0v) is 9.00. The number of nitrogens with two attached hydrogens (primary N) is 1. The molecular weight excluding hydrogens is 174 g/mol. The van der Waals surface area contributed by atoms with Gasteiger partial charge < -0.3 is 11.1 Å². The molecule has 2 aliphatic rings. The van der Waals surface area contributed by atoms with Gasteiger partial charge in [0.25, 0.3) is 0 Å². The third-order valence-corrected chi connectivity index (χ3v) is 3.25. The van der Waals surface area contributed by atoms with E-state index in [1.165, 1.54) is 32.1 Å². The molecule has 2 saturated carbocycles. The lowest BCUT2D eigenvalue weighted by molar-refractivity contribution is 0.525. The predicted molar refractivity (Wildman–Crippen MR) is 59.2 cm³/mol. The molecule has 2 atom stereocenters. The lowest BCUT2D eigenvalue weighted by Crippen LogP contribution is -2.33. The minimum absolute atomic E-state index is 0.626. The van der Waals surface area contributed by atoms with Gasteiger partial charge in [0, 0.05) is 12.6 Å². The van der Waals surface area contributed by atoms with Crippen LogP contribution in [-0.4, -0.2) is 18.5 Å². The Balaban J connectivity index is 1.68. The van der Waals surface area contributed by atoms with Gasteiger partial charge in [-0.1, -0.05) is 13.3 Å². The second-order valence-corrected chi connectivity index (χ2v) is 4.93. The van der Waals surface area contributed by atoms with Crippen molar-refractivity contribution in [3.63, 3.8) is 0 Å². The van der Waals surface area contributed by atoms with Crippen molar-refractivity contribution in [1.82, 2.24) is 5.32 Å². The van der Waals surface area contributed by atoms with Crippen molar-refractivity contribution >= 4 is 5.96 Å². The van der Waals surface area contributed by atoms with Gasteiger partial charge in [0.15, 0.2) is 5.96 Å². The Labute approximate surface area is 86.2 Å². The van der Waals surface area contributed by atoms with E-state index < -0.39 is 0 Å². The average molecular weight is 195 g/mol. The van der Waals surface area contributed by atoms with Crippen LogP contribution in [0.15, 0.2) is 4.99 Å². The Morgan fingerprint density at radius 2 is 2.14 bits per heavy atom. The molecule has 0 radical (unpaired) electrons. The van der Waals surface area contributed by atoms with Crippen LogP contribution in [0.3, 0.4) is 0 Å². The van der Waals surface area contributed by atoms with Gasteiger partial charge in [-0.3, -0.25) is 4.99 Å². The van der Waals surface area contributed by atoms with Crippen molar-refractivity contribution in [3.05, 3.63) is 0 Å². The summed E-state index contributed by atoms with van der Waals surface area (Å²) in [5.74, 6) is 2.34. The van der Waals surface area contributed by atoms with E-state index in [-0.39, 0.29) is 0 Å². The van der Waals surface area contributed by atoms with Gasteiger partial charge in [0.1, 0.15) is 0 Å². The first-order chi connectivity index (χ1) is 6.74. The van der Waals surface area contributed by atoms with Crippen LogP contribution in [0, 0.1) is 11.8 Å². The predicted octanol–water partition coefficient (Wildman–Crippen LogP) is 1.49. The molecule has 0 bridgehead atoms. The van der Waals surface area contributed by atoms with Crippen LogP contribution in [0.5, 0.6) is 0 Å². The van der Waals surface area contributed by atoms with Crippen LogP contribution in [0.4, 0.5) is 0 Å². The minimum atomic E-state index is 0.626. The summed E-state index contributed by atoms with van der Waals surface area (Å²) >= 11 is 0. The molecule has 0 aromatic heterocycles. The maximum Gasteiger partial charge on any atom is 0.188 e. The molecule has 3 nitrogen and oxygen atoms in total. The van der Waals surface area contributed by atoms with Crippen molar-refractivity contribution in [1.29, 1.82) is 0 Å². The van der Waals surface area contributed by atoms with E-state index >= 15 is 0 Å². The van der Waals surface area contributed by atoms with Crippen LogP contribution in [-0.2, 0) is 0 Å². The average Bonchev–Trinajstić information content (AvgIpc) is 2.85. The van der Waals surface area contributed by atoms with E-state index in [0.29, 0.717) is 12.0 Å². The van der Waals surface area contributed by atoms with Crippen LogP contribution < -0.4 is 11.1 Å². The number of guanidine groups is 1. The second kappa shape index (κ2) is 4.20. The van der Waals surface area contributed by atoms with Gasteiger partial charge in [-0.2, -0.15) is 0 Å². The maximum atomic E-state index is 5.77. The number of aliphatic imine (C=N–C) groups is 1. The largest absolute Gasteiger partial charge is 0.370 e. The van der Waals surface area contributed by atoms with Crippen LogP contribution in [0.2, 0.25) is 0 Å². The van der Waals surface area contributed by atoms with Gasteiger partial charge in [0.2, 0.25) is 0 Å². The van der Waals surface area contributed by atoms with Gasteiger partial charge >= 0.3 is 0 Å². The highest BCUT2D eigenvalue weighted by Gasteiger charge is 2.23. The zero-order valence-electron chi connectivity index (χ0n) is 9.00. The summed E-state index contributed by atoms with van der Waals surface area (Å²) in [4.78, 5) is 4.40. The quantitative estimate of drug-likeness (QED) is 0.529. The molecule has 0 heterocycles. The highest BCUT2D eigenvalue weighted by Crippen LogP contribution is 2.30. The van der Waals surface area contributed by atoms with Crippen LogP contribution in [0.25, 0.3) is 0 Å². The standard InChI is InChI=1S/C11H21N3/c1-8-2-3-9(6-8)7-13-11(12)14-10-4-5-10/h8-10H,2-7H2,1H3,(H3,12,13,14). The Morgan fingerprint density at radius 1 is 1.36 bits per heavy atom. The minimum Gasteiger partial charge on any atom is -0.370 e. The summed E-state index contributed by atoms with van der Waals surface area (Å²) in [6, 6.07) is 0.626. The SMILES string of the molecule is CC1CCC(CN=C(N)NC2CC2)C1. The number of rotatable bonds is 3. The van der Waals surface area contributed by atoms with E-state index in [1.807, 2.05) is 0 Å². The molecule has 2 fully saturated rings. The van der Waals surface area contributed by atoms with Crippen LogP contribution in [0.1, 0.15) is 39.0 Å². The number of nitrogens with one attached hydrogen (secondary N) is 1. The van der Waals surface area contributed by atoms with Crippen LogP contribution >= 0.6 is 0 Å². The van der Waals surface area contributed by atoms with Gasteiger partial charge in [-0.15, -0.1) is 0 Å². The highest BCUT2D eigenvalue weighted by atomic mass is 15.1. The zero-order chi connectivity index (χ0) is 9.97. The summed E-state index contributed by atoms with van der Waals surface area (Å²) in [6.07, 6.45) is 6.56. The van der Waals surface area contributed by atoms with Gasteiger partial charge in [-0.05, 0) is 37.5 Å². The lowest BCUT2D eigenvalue weighted by atomic mass is 10.1. The molecule has 14 heavy (non-hydrogen) atoms. The molecule has 2 unspecified atom stereocenters. The van der Waals surface area contributed by atoms with E-state index in [9.17, 15) is 0 Å². The van der Waals surface area contributed by atoms with E-state index in [4.69, 9.17) is 5.73 Å². The number of hydrogen-bond acceptors (Lipinski definition) is 1. The lowest BCUT2D eigenvalue weighted by Gasteiger charge is -2.07. The molecule has 0 aliphatic heterocycles. The Kier molecular flexibility index (Phi) is 2.94. The third-order valence-electron chi connectivity index (χ3n) is 3.25. The van der Waals surface area contributed by atoms with E-state index in [1.54, 1.807) is 0 Å². The fraction of sp³-hybridized carbons (Fsp3) is 0.909. The molecule has 2 aliphatic carbocycles. The van der Waals surface area contributed by atoms with E-state index in [2.05, 4.69) is 17.2 Å². The topological polar surface area (TPSA) is 50.4 Å². The molecule has 3 N–H and O–H groups in total. The first-order valence-electron chi connectivity index (χ1n) is 5.80. The summed E-state index contributed by atoms with van der Waals surface area (Å²) in [6.45, 7) is 3.26. The van der Waals surface area contributed by atoms with Crippen molar-refractivity contribution in [2.75, 3.05) is 6.54 Å². The second-order valence-electron chi connectivity index (χ2n) is 4.93. The molecule has 0 amide bonds. The summed E-state index contributed by atoms with van der Waals surface area (Å²) in [7, 11) is 0. The first kappa shape index (κ1) is 9.81. The molecule has 3 heteroatoms. The first-order valence-corrected chi connectivity index (χ1v) is 5.80. The normalized spacial score (nSPS) is 33.4. The molecule has 0 aromatic rings. The smallest absolute Gasteiger partial charge is 0.188 e. The molecule has 2 rings (SSSR count). The maximum absolute atomic E-state index is 5.77. The Bertz CT molecular complexity index is 221. The van der Waals surface area contributed by atoms with Crippen molar-refractivity contribution in [2.24, 2.45) is 22.6 Å². The summed E-state index contributed by atoms with van der Waals surface area (Å²) in [5, 5.41) is 3.22. The van der Waals surface area contributed by atoms with Gasteiger partial charge in [-0.25, -0.2) is 0 Å². The third kappa shape index (κ3) is 2.89. The van der Waals surface area contributed by atoms with Crippen molar-refractivity contribution in [3.8, 4) is 0 Å². The molecule has 0 aromatic carbocycles. The van der Waals surface area contributed by atoms with Crippen molar-refractivity contribution in [2.45, 2.75) is 45.1 Å². The fourth-order valence-corrected chi connectivity index (χ4v) is 2.20. The highest BCUT2D eigenvalue weighted by molar-refractivity contribution is 5.78. The monoisotopic (exact) mass is 195 g/mol. The van der Waals surface area contributed by atoms with Gasteiger partial charge in [0.05, 0.1) is 0 Å². The summed E-state index contributed by atoms with van der Waals surface area (Å²) in [5.41, 5.74) is 5.77. The molecule has 0 saturated heterocycles. The molecular formula is C11H21N3. The number of hydrogen-bond donors (Lipinski definition) is 2. The van der Waals surface area contributed by atoms with Crippen molar-refractivity contribution < 1.29 is 0 Å². The number of nitrogens with zero attached hydrogens (tertiary/aromatic N) is 1. The Hall–Kier alpha value is -0.730. The molecule has 80 valence electrons. The molecule has 0 spiro atoms. The summed E-state index contributed by atoms with van der Waals surface area (Å²) < 4.78 is 0. The Morgan fingerprint density at radius 3 is 2.71 bits per heavy atom.